The van der Waals surface area contributed by atoms with Crippen molar-refractivity contribution in [3.05, 3.63) is 34.3 Å². The molecule has 178 valence electrons. The zero-order valence-electron chi connectivity index (χ0n) is 19.8. The lowest BCUT2D eigenvalue weighted by Crippen LogP contribution is -2.51. The van der Waals surface area contributed by atoms with E-state index in [0.29, 0.717) is 27.8 Å². The first kappa shape index (κ1) is 24.0. The van der Waals surface area contributed by atoms with Crippen LogP contribution in [-0.4, -0.2) is 37.3 Å². The zero-order chi connectivity index (χ0) is 22.7. The van der Waals surface area contributed by atoms with Crippen LogP contribution in [0.4, 0.5) is 0 Å². The highest BCUT2D eigenvalue weighted by molar-refractivity contribution is 6.33. The lowest BCUT2D eigenvalue weighted by molar-refractivity contribution is -0.0503. The van der Waals surface area contributed by atoms with Crippen molar-refractivity contribution < 1.29 is 9.90 Å². The van der Waals surface area contributed by atoms with E-state index in [4.69, 9.17) is 11.6 Å². The second-order valence-electron chi connectivity index (χ2n) is 11.4. The first-order valence-electron chi connectivity index (χ1n) is 12.8. The Balaban J connectivity index is 1.26. The van der Waals surface area contributed by atoms with E-state index >= 15 is 0 Å². The molecule has 1 unspecified atom stereocenters. The van der Waals surface area contributed by atoms with Crippen molar-refractivity contribution in [2.45, 2.75) is 65.2 Å². The van der Waals surface area contributed by atoms with E-state index in [0.717, 1.165) is 55.8 Å². The van der Waals surface area contributed by atoms with E-state index in [1.807, 2.05) is 18.2 Å². The molecule has 4 fully saturated rings. The first-order valence-corrected chi connectivity index (χ1v) is 13.1. The molecule has 5 rings (SSSR count). The number of aliphatic hydroxyl groups is 1. The Morgan fingerprint density at radius 3 is 2.41 bits per heavy atom. The molecule has 1 aromatic carbocycles. The molecule has 1 amide bonds. The minimum absolute atomic E-state index is 0.0162. The normalized spacial score (nSPS) is 30.3. The van der Waals surface area contributed by atoms with E-state index in [9.17, 15) is 9.90 Å². The molecular weight excluding hydrogens is 420 g/mol. The topological polar surface area (TPSA) is 61.4 Å². The molecule has 4 saturated carbocycles. The van der Waals surface area contributed by atoms with Crippen molar-refractivity contribution in [2.24, 2.45) is 35.0 Å². The largest absolute Gasteiger partial charge is 0.396 e. The Labute approximate surface area is 198 Å². The molecular formula is C27H41ClN2O2. The van der Waals surface area contributed by atoms with E-state index in [1.165, 1.54) is 38.5 Å². The minimum atomic E-state index is -0.0162. The minimum Gasteiger partial charge on any atom is -0.396 e. The summed E-state index contributed by atoms with van der Waals surface area (Å²) >= 11 is 6.41. The third-order valence-electron chi connectivity index (χ3n) is 8.61. The Morgan fingerprint density at radius 2 is 1.78 bits per heavy atom. The number of carbonyl (C=O) groups is 1. The second-order valence-corrected chi connectivity index (χ2v) is 11.8. The predicted molar refractivity (Wildman–Crippen MR) is 131 cm³/mol. The molecule has 0 aromatic heterocycles. The van der Waals surface area contributed by atoms with Crippen molar-refractivity contribution >= 4 is 17.5 Å². The summed E-state index contributed by atoms with van der Waals surface area (Å²) in [5.41, 5.74) is 2.12. The third kappa shape index (κ3) is 5.69. The van der Waals surface area contributed by atoms with Gasteiger partial charge in [-0.25, -0.2) is 0 Å². The summed E-state index contributed by atoms with van der Waals surface area (Å²) < 4.78 is 0. The van der Waals surface area contributed by atoms with Crippen LogP contribution < -0.4 is 10.6 Å². The number of aliphatic hydroxyl groups excluding tert-OH is 1. The Bertz CT molecular complexity index is 761. The molecule has 0 aliphatic heterocycles. The van der Waals surface area contributed by atoms with Gasteiger partial charge in [-0.15, -0.1) is 0 Å². The van der Waals surface area contributed by atoms with Crippen molar-refractivity contribution in [1.29, 1.82) is 0 Å². The van der Waals surface area contributed by atoms with E-state index in [-0.39, 0.29) is 12.5 Å². The van der Waals surface area contributed by atoms with Crippen LogP contribution in [0.3, 0.4) is 0 Å². The monoisotopic (exact) mass is 460 g/mol. The fraction of sp³-hybridized carbons (Fsp3) is 0.741. The van der Waals surface area contributed by atoms with Gasteiger partial charge in [0.1, 0.15) is 0 Å². The zero-order valence-corrected chi connectivity index (χ0v) is 20.6. The maximum atomic E-state index is 13.0. The molecule has 1 aromatic rings. The van der Waals surface area contributed by atoms with E-state index in [1.54, 1.807) is 0 Å². The second kappa shape index (κ2) is 10.4. The molecule has 32 heavy (non-hydrogen) atoms. The first-order chi connectivity index (χ1) is 15.4. The van der Waals surface area contributed by atoms with Gasteiger partial charge >= 0.3 is 0 Å². The van der Waals surface area contributed by atoms with Gasteiger partial charge in [0.2, 0.25) is 0 Å². The van der Waals surface area contributed by atoms with E-state index in [2.05, 4.69) is 24.5 Å². The standard InChI is InChI=1S/C27H41ClN2O2/c1-18(19(2)16-31)15-29-7-3-4-20-5-6-25(28)24(11-20)26(32)30-17-27-12-21-8-22(13-27)10-23(9-21)14-27/h5-6,11,18-19,21-23,29,31H,3-4,7-10,12-17H2,1-2H3,(H,30,32)/t18-,19?,21?,22?,23?,27?/m1/s1. The number of nitrogens with one attached hydrogen (secondary N) is 2. The predicted octanol–water partition coefficient (Wildman–Crippen LogP) is 5.07. The smallest absolute Gasteiger partial charge is 0.252 e. The number of hydrogen-bond donors (Lipinski definition) is 3. The molecule has 0 saturated heterocycles. The fourth-order valence-electron chi connectivity index (χ4n) is 6.90. The molecule has 0 radical (unpaired) electrons. The molecule has 2 atom stereocenters. The average Bonchev–Trinajstić information content (AvgIpc) is 2.76. The molecule has 4 nitrogen and oxygen atoms in total. The van der Waals surface area contributed by atoms with Gasteiger partial charge < -0.3 is 15.7 Å². The van der Waals surface area contributed by atoms with Crippen LogP contribution in [0.25, 0.3) is 0 Å². The van der Waals surface area contributed by atoms with Gasteiger partial charge in [0.05, 0.1) is 10.6 Å². The summed E-state index contributed by atoms with van der Waals surface area (Å²) in [6, 6.07) is 5.89. The molecule has 3 N–H and O–H groups in total. The number of aryl methyl sites for hydroxylation is 1. The fourth-order valence-corrected chi connectivity index (χ4v) is 7.10. The molecule has 4 aliphatic rings. The average molecular weight is 461 g/mol. The Kier molecular flexibility index (Phi) is 7.85. The molecule has 0 heterocycles. The van der Waals surface area contributed by atoms with Gasteiger partial charge in [0.25, 0.3) is 5.91 Å². The number of hydrogen-bond acceptors (Lipinski definition) is 3. The summed E-state index contributed by atoms with van der Waals surface area (Å²) in [6.45, 7) is 7.14. The van der Waals surface area contributed by atoms with Crippen LogP contribution in [0.15, 0.2) is 18.2 Å². The number of halogens is 1. The van der Waals surface area contributed by atoms with Crippen LogP contribution in [0.2, 0.25) is 5.02 Å². The lowest BCUT2D eigenvalue weighted by Gasteiger charge is -2.56. The summed E-state index contributed by atoms with van der Waals surface area (Å²) in [7, 11) is 0. The van der Waals surface area contributed by atoms with Crippen LogP contribution >= 0.6 is 11.6 Å². The van der Waals surface area contributed by atoms with Crippen LogP contribution in [0, 0.1) is 35.0 Å². The Hall–Kier alpha value is -1.10. The number of amides is 1. The van der Waals surface area contributed by atoms with Crippen molar-refractivity contribution in [2.75, 3.05) is 26.2 Å². The van der Waals surface area contributed by atoms with Crippen molar-refractivity contribution in [1.82, 2.24) is 10.6 Å². The van der Waals surface area contributed by atoms with Gasteiger partial charge in [-0.1, -0.05) is 31.5 Å². The van der Waals surface area contributed by atoms with Gasteiger partial charge in [0.15, 0.2) is 0 Å². The molecule has 5 heteroatoms. The number of carbonyl (C=O) groups excluding carboxylic acids is 1. The quantitative estimate of drug-likeness (QED) is 0.404. The highest BCUT2D eigenvalue weighted by Gasteiger charge is 2.50. The number of benzene rings is 1. The maximum absolute atomic E-state index is 13.0. The summed E-state index contributed by atoms with van der Waals surface area (Å²) in [4.78, 5) is 13.0. The van der Waals surface area contributed by atoms with Gasteiger partial charge in [-0.2, -0.15) is 0 Å². The molecule has 4 bridgehead atoms. The van der Waals surface area contributed by atoms with Crippen molar-refractivity contribution in [3.8, 4) is 0 Å². The summed E-state index contributed by atoms with van der Waals surface area (Å²) in [5.74, 6) is 3.45. The lowest BCUT2D eigenvalue weighted by atomic mass is 9.49. The highest BCUT2D eigenvalue weighted by Crippen LogP contribution is 2.59. The molecule has 4 aliphatic carbocycles. The van der Waals surface area contributed by atoms with Crippen LogP contribution in [0.5, 0.6) is 0 Å². The summed E-state index contributed by atoms with van der Waals surface area (Å²) in [6.07, 6.45) is 10.1. The summed E-state index contributed by atoms with van der Waals surface area (Å²) in [5, 5.41) is 16.5. The SMILES string of the molecule is CC(CO)[C@H](C)CNCCCc1ccc(Cl)c(C(=O)NCC23CC4CC(CC(C4)C2)C3)c1. The van der Waals surface area contributed by atoms with Crippen LogP contribution in [0.1, 0.15) is 74.7 Å². The van der Waals surface area contributed by atoms with Gasteiger partial charge in [0, 0.05) is 13.2 Å². The third-order valence-corrected chi connectivity index (χ3v) is 8.94. The van der Waals surface area contributed by atoms with Crippen LogP contribution in [-0.2, 0) is 6.42 Å². The Morgan fingerprint density at radius 1 is 1.12 bits per heavy atom. The van der Waals surface area contributed by atoms with E-state index < -0.39 is 0 Å². The van der Waals surface area contributed by atoms with Gasteiger partial charge in [-0.05, 0) is 117 Å². The number of rotatable bonds is 11. The highest BCUT2D eigenvalue weighted by atomic mass is 35.5. The van der Waals surface area contributed by atoms with Gasteiger partial charge in [-0.3, -0.25) is 4.79 Å². The maximum Gasteiger partial charge on any atom is 0.252 e. The molecule has 0 spiro atoms. The van der Waals surface area contributed by atoms with Crippen molar-refractivity contribution in [3.63, 3.8) is 0 Å².